The molecule has 2 aliphatic rings. The van der Waals surface area contributed by atoms with E-state index in [4.69, 9.17) is 0 Å². The maximum absolute atomic E-state index is 11.6. The van der Waals surface area contributed by atoms with Crippen molar-refractivity contribution in [3.63, 3.8) is 0 Å². The van der Waals surface area contributed by atoms with Crippen molar-refractivity contribution < 1.29 is 9.59 Å². The SMILES string of the molecule is O=C(CCCNC(=O)C1CC1)NCCC1CCCNC1. The van der Waals surface area contributed by atoms with E-state index in [-0.39, 0.29) is 17.7 Å². The summed E-state index contributed by atoms with van der Waals surface area (Å²) in [6.07, 6.45) is 6.89. The van der Waals surface area contributed by atoms with Crippen molar-refractivity contribution in [2.45, 2.75) is 44.9 Å². The fourth-order valence-corrected chi connectivity index (χ4v) is 2.62. The van der Waals surface area contributed by atoms with Crippen LogP contribution in [0.1, 0.15) is 44.9 Å². The van der Waals surface area contributed by atoms with Crippen LogP contribution in [0.4, 0.5) is 0 Å². The van der Waals surface area contributed by atoms with Gasteiger partial charge in [-0.1, -0.05) is 0 Å². The van der Waals surface area contributed by atoms with E-state index in [1.807, 2.05) is 0 Å². The first-order valence-corrected chi connectivity index (χ1v) is 8.01. The molecule has 1 unspecified atom stereocenters. The highest BCUT2D eigenvalue weighted by atomic mass is 16.2. The number of rotatable bonds is 8. The van der Waals surface area contributed by atoms with Crippen molar-refractivity contribution in [2.75, 3.05) is 26.2 Å². The zero-order chi connectivity index (χ0) is 14.2. The molecule has 5 nitrogen and oxygen atoms in total. The molecule has 1 atom stereocenters. The van der Waals surface area contributed by atoms with Gasteiger partial charge in [0.05, 0.1) is 0 Å². The molecule has 0 radical (unpaired) electrons. The summed E-state index contributed by atoms with van der Waals surface area (Å²) < 4.78 is 0. The summed E-state index contributed by atoms with van der Waals surface area (Å²) in [6.45, 7) is 3.62. The normalized spacial score (nSPS) is 22.3. The molecule has 1 heterocycles. The van der Waals surface area contributed by atoms with Gasteiger partial charge in [-0.25, -0.2) is 0 Å². The molecule has 0 aromatic heterocycles. The quantitative estimate of drug-likeness (QED) is 0.576. The maximum atomic E-state index is 11.6. The molecule has 3 N–H and O–H groups in total. The van der Waals surface area contributed by atoms with E-state index in [2.05, 4.69) is 16.0 Å². The Morgan fingerprint density at radius 1 is 1.10 bits per heavy atom. The van der Waals surface area contributed by atoms with E-state index in [1.165, 1.54) is 12.8 Å². The zero-order valence-electron chi connectivity index (χ0n) is 12.2. The highest BCUT2D eigenvalue weighted by Crippen LogP contribution is 2.28. The molecular weight excluding hydrogens is 254 g/mol. The summed E-state index contributed by atoms with van der Waals surface area (Å²) >= 11 is 0. The van der Waals surface area contributed by atoms with Gasteiger partial charge >= 0.3 is 0 Å². The molecule has 0 bridgehead atoms. The lowest BCUT2D eigenvalue weighted by atomic mass is 9.96. The van der Waals surface area contributed by atoms with Gasteiger partial charge in [0.25, 0.3) is 0 Å². The molecular formula is C15H27N3O2. The van der Waals surface area contributed by atoms with E-state index in [0.717, 1.165) is 45.3 Å². The number of amides is 2. The highest BCUT2D eigenvalue weighted by Gasteiger charge is 2.28. The molecule has 2 rings (SSSR count). The number of carbonyl (C=O) groups is 2. The molecule has 0 aromatic rings. The van der Waals surface area contributed by atoms with Gasteiger partial charge in [-0.2, -0.15) is 0 Å². The monoisotopic (exact) mass is 281 g/mol. The van der Waals surface area contributed by atoms with Crippen LogP contribution >= 0.6 is 0 Å². The number of hydrogen-bond donors (Lipinski definition) is 3. The second kappa shape index (κ2) is 8.25. The average molecular weight is 281 g/mol. The van der Waals surface area contributed by atoms with Crippen molar-refractivity contribution in [2.24, 2.45) is 11.8 Å². The van der Waals surface area contributed by atoms with Crippen molar-refractivity contribution in [3.05, 3.63) is 0 Å². The Morgan fingerprint density at radius 3 is 2.65 bits per heavy atom. The molecule has 20 heavy (non-hydrogen) atoms. The standard InChI is InChI=1S/C15H27N3O2/c19-14(4-2-9-18-15(20)13-5-6-13)17-10-7-12-3-1-8-16-11-12/h12-13,16H,1-11H2,(H,17,19)(H,18,20). The van der Waals surface area contributed by atoms with E-state index in [0.29, 0.717) is 18.9 Å². The average Bonchev–Trinajstić information content (AvgIpc) is 3.29. The van der Waals surface area contributed by atoms with Gasteiger partial charge in [0.15, 0.2) is 0 Å². The van der Waals surface area contributed by atoms with Crippen LogP contribution < -0.4 is 16.0 Å². The van der Waals surface area contributed by atoms with Gasteiger partial charge < -0.3 is 16.0 Å². The van der Waals surface area contributed by atoms with Crippen molar-refractivity contribution in [1.82, 2.24) is 16.0 Å². The van der Waals surface area contributed by atoms with Crippen molar-refractivity contribution in [1.29, 1.82) is 0 Å². The van der Waals surface area contributed by atoms with Crippen molar-refractivity contribution >= 4 is 11.8 Å². The fraction of sp³-hybridized carbons (Fsp3) is 0.867. The number of hydrogen-bond acceptors (Lipinski definition) is 3. The van der Waals surface area contributed by atoms with Crippen LogP contribution in [-0.2, 0) is 9.59 Å². The zero-order valence-corrected chi connectivity index (χ0v) is 12.2. The fourth-order valence-electron chi connectivity index (χ4n) is 2.62. The van der Waals surface area contributed by atoms with Gasteiger partial charge in [-0.05, 0) is 57.5 Å². The smallest absolute Gasteiger partial charge is 0.223 e. The molecule has 2 fully saturated rings. The van der Waals surface area contributed by atoms with Gasteiger partial charge in [0.2, 0.25) is 11.8 Å². The van der Waals surface area contributed by atoms with Gasteiger partial charge in [-0.15, -0.1) is 0 Å². The summed E-state index contributed by atoms with van der Waals surface area (Å²) in [5.74, 6) is 1.24. The molecule has 1 aliphatic carbocycles. The Balaban J connectivity index is 1.42. The van der Waals surface area contributed by atoms with Gasteiger partial charge in [0.1, 0.15) is 0 Å². The third-order valence-corrected chi connectivity index (χ3v) is 4.10. The molecule has 114 valence electrons. The lowest BCUT2D eigenvalue weighted by Gasteiger charge is -2.22. The summed E-state index contributed by atoms with van der Waals surface area (Å²) in [6, 6.07) is 0. The van der Waals surface area contributed by atoms with Gasteiger partial charge in [0, 0.05) is 25.4 Å². The second-order valence-corrected chi connectivity index (χ2v) is 6.02. The minimum atomic E-state index is 0.106. The summed E-state index contributed by atoms with van der Waals surface area (Å²) in [5, 5.41) is 9.24. The lowest BCUT2D eigenvalue weighted by Crippen LogP contribution is -2.33. The van der Waals surface area contributed by atoms with E-state index in [9.17, 15) is 9.59 Å². The molecule has 2 amide bonds. The Hall–Kier alpha value is -1.10. The Bertz CT molecular complexity index is 323. The molecule has 0 aromatic carbocycles. The first-order valence-electron chi connectivity index (χ1n) is 8.01. The van der Waals surface area contributed by atoms with E-state index in [1.54, 1.807) is 0 Å². The predicted octanol–water partition coefficient (Wildman–Crippen LogP) is 0.799. The summed E-state index contributed by atoms with van der Waals surface area (Å²) in [7, 11) is 0. The highest BCUT2D eigenvalue weighted by molar-refractivity contribution is 5.81. The molecule has 5 heteroatoms. The Labute approximate surface area is 121 Å². The largest absolute Gasteiger partial charge is 0.356 e. The Morgan fingerprint density at radius 2 is 1.95 bits per heavy atom. The maximum Gasteiger partial charge on any atom is 0.223 e. The number of piperidine rings is 1. The predicted molar refractivity (Wildman–Crippen MR) is 78.2 cm³/mol. The number of carbonyl (C=O) groups excluding carboxylic acids is 2. The minimum Gasteiger partial charge on any atom is -0.356 e. The van der Waals surface area contributed by atoms with Crippen LogP contribution in [-0.4, -0.2) is 38.0 Å². The minimum absolute atomic E-state index is 0.106. The van der Waals surface area contributed by atoms with Crippen LogP contribution in [0.5, 0.6) is 0 Å². The van der Waals surface area contributed by atoms with Crippen LogP contribution in [0.15, 0.2) is 0 Å². The van der Waals surface area contributed by atoms with Gasteiger partial charge in [-0.3, -0.25) is 9.59 Å². The third-order valence-electron chi connectivity index (χ3n) is 4.10. The molecule has 1 aliphatic heterocycles. The van der Waals surface area contributed by atoms with Crippen LogP contribution in [0, 0.1) is 11.8 Å². The number of nitrogens with one attached hydrogen (secondary N) is 3. The van der Waals surface area contributed by atoms with Crippen LogP contribution in [0.25, 0.3) is 0 Å². The van der Waals surface area contributed by atoms with Crippen LogP contribution in [0.2, 0.25) is 0 Å². The van der Waals surface area contributed by atoms with E-state index >= 15 is 0 Å². The topological polar surface area (TPSA) is 70.2 Å². The summed E-state index contributed by atoms with van der Waals surface area (Å²) in [5.41, 5.74) is 0. The Kier molecular flexibility index (Phi) is 6.30. The second-order valence-electron chi connectivity index (χ2n) is 6.02. The summed E-state index contributed by atoms with van der Waals surface area (Å²) in [4.78, 5) is 23.0. The lowest BCUT2D eigenvalue weighted by molar-refractivity contribution is -0.123. The molecule has 0 spiro atoms. The first-order chi connectivity index (χ1) is 9.75. The third kappa shape index (κ3) is 5.90. The van der Waals surface area contributed by atoms with Crippen LogP contribution in [0.3, 0.4) is 0 Å². The molecule has 1 saturated heterocycles. The first kappa shape index (κ1) is 15.3. The van der Waals surface area contributed by atoms with E-state index < -0.39 is 0 Å². The molecule has 1 saturated carbocycles. The van der Waals surface area contributed by atoms with Crippen molar-refractivity contribution in [3.8, 4) is 0 Å².